The van der Waals surface area contributed by atoms with E-state index in [4.69, 9.17) is 14.6 Å². The minimum absolute atomic E-state index is 0.135. The van der Waals surface area contributed by atoms with Crippen molar-refractivity contribution in [1.82, 2.24) is 25.1 Å². The lowest BCUT2D eigenvalue weighted by Gasteiger charge is -2.06. The molecule has 0 bridgehead atoms. The minimum atomic E-state index is 0.135. The van der Waals surface area contributed by atoms with E-state index in [2.05, 4.69) is 30.5 Å². The van der Waals surface area contributed by atoms with Crippen LogP contribution in [-0.2, 0) is 5.75 Å². The summed E-state index contributed by atoms with van der Waals surface area (Å²) in [7, 11) is 0. The van der Waals surface area contributed by atoms with E-state index in [9.17, 15) is 0 Å². The predicted molar refractivity (Wildman–Crippen MR) is 95.5 cm³/mol. The molecule has 4 aromatic rings. The van der Waals surface area contributed by atoms with Gasteiger partial charge in [-0.05, 0) is 24.3 Å². The number of aromatic nitrogens is 5. The van der Waals surface area contributed by atoms with Gasteiger partial charge in [0.15, 0.2) is 5.76 Å². The third kappa shape index (κ3) is 3.81. The number of nitrogens with two attached hydrogens (primary N) is 1. The highest BCUT2D eigenvalue weighted by Gasteiger charge is 2.13. The zero-order valence-electron chi connectivity index (χ0n) is 13.4. The molecule has 10 heteroatoms. The molecule has 0 saturated heterocycles. The van der Waals surface area contributed by atoms with Crippen LogP contribution in [-0.4, -0.2) is 25.1 Å². The molecule has 3 aromatic heterocycles. The fourth-order valence-corrected chi connectivity index (χ4v) is 2.72. The molecule has 3 N–H and O–H groups in total. The van der Waals surface area contributed by atoms with E-state index in [0.717, 1.165) is 5.69 Å². The number of thioether (sulfide) groups is 1. The van der Waals surface area contributed by atoms with Crippen molar-refractivity contribution < 1.29 is 8.83 Å². The molecule has 26 heavy (non-hydrogen) atoms. The molecule has 9 nitrogen and oxygen atoms in total. The Bertz CT molecular complexity index is 989. The number of rotatable bonds is 6. The van der Waals surface area contributed by atoms with Crippen molar-refractivity contribution >= 4 is 29.3 Å². The normalized spacial score (nSPS) is 10.8. The van der Waals surface area contributed by atoms with Crippen LogP contribution in [0.25, 0.3) is 11.7 Å². The molecule has 0 aliphatic rings. The van der Waals surface area contributed by atoms with E-state index < -0.39 is 0 Å². The SMILES string of the molecule is Nc1nc(CSc2nnc(-c3ccco3)o2)nc(Nc2ccccc2)n1. The highest BCUT2D eigenvalue weighted by molar-refractivity contribution is 7.98. The molecule has 0 atom stereocenters. The van der Waals surface area contributed by atoms with Crippen LogP contribution in [0.1, 0.15) is 5.82 Å². The van der Waals surface area contributed by atoms with Crippen molar-refractivity contribution in [2.75, 3.05) is 11.1 Å². The van der Waals surface area contributed by atoms with E-state index in [1.54, 1.807) is 18.4 Å². The second-order valence-electron chi connectivity index (χ2n) is 5.06. The molecule has 4 rings (SSSR count). The van der Waals surface area contributed by atoms with E-state index in [-0.39, 0.29) is 5.95 Å². The Morgan fingerprint density at radius 3 is 2.69 bits per heavy atom. The Balaban J connectivity index is 1.45. The first-order valence-corrected chi connectivity index (χ1v) is 8.57. The first kappa shape index (κ1) is 16.1. The maximum Gasteiger partial charge on any atom is 0.284 e. The van der Waals surface area contributed by atoms with Crippen molar-refractivity contribution in [3.8, 4) is 11.7 Å². The fourth-order valence-electron chi connectivity index (χ4n) is 2.10. The monoisotopic (exact) mass is 367 g/mol. The van der Waals surface area contributed by atoms with Crippen molar-refractivity contribution in [2.24, 2.45) is 0 Å². The number of benzene rings is 1. The van der Waals surface area contributed by atoms with Gasteiger partial charge in [0.2, 0.25) is 11.9 Å². The quantitative estimate of drug-likeness (QED) is 0.490. The van der Waals surface area contributed by atoms with Crippen molar-refractivity contribution in [3.63, 3.8) is 0 Å². The zero-order chi connectivity index (χ0) is 17.8. The van der Waals surface area contributed by atoms with Gasteiger partial charge < -0.3 is 19.9 Å². The van der Waals surface area contributed by atoms with Gasteiger partial charge in [0.25, 0.3) is 11.1 Å². The number of furan rings is 1. The summed E-state index contributed by atoms with van der Waals surface area (Å²) in [6.45, 7) is 0. The molecule has 0 radical (unpaired) electrons. The summed E-state index contributed by atoms with van der Waals surface area (Å²) in [6.07, 6.45) is 1.54. The summed E-state index contributed by atoms with van der Waals surface area (Å²) in [5, 5.41) is 11.4. The Morgan fingerprint density at radius 1 is 1.00 bits per heavy atom. The van der Waals surface area contributed by atoms with Crippen molar-refractivity contribution in [3.05, 3.63) is 54.6 Å². The molecule has 0 spiro atoms. The lowest BCUT2D eigenvalue weighted by atomic mass is 10.3. The second-order valence-corrected chi connectivity index (χ2v) is 5.99. The highest BCUT2D eigenvalue weighted by Crippen LogP contribution is 2.25. The van der Waals surface area contributed by atoms with Gasteiger partial charge in [-0.1, -0.05) is 30.0 Å². The number of para-hydroxylation sites is 1. The summed E-state index contributed by atoms with van der Waals surface area (Å²) in [5.41, 5.74) is 6.63. The van der Waals surface area contributed by atoms with Crippen molar-refractivity contribution in [1.29, 1.82) is 0 Å². The minimum Gasteiger partial charge on any atom is -0.459 e. The summed E-state index contributed by atoms with van der Waals surface area (Å²) >= 11 is 1.30. The van der Waals surface area contributed by atoms with Crippen molar-refractivity contribution in [2.45, 2.75) is 11.0 Å². The molecule has 3 heterocycles. The average molecular weight is 367 g/mol. The van der Waals surface area contributed by atoms with Crippen LogP contribution in [0.3, 0.4) is 0 Å². The maximum atomic E-state index is 5.78. The molecule has 0 aliphatic carbocycles. The van der Waals surface area contributed by atoms with Crippen LogP contribution in [0.15, 0.2) is 62.8 Å². The number of nitrogen functional groups attached to an aromatic ring is 1. The first-order valence-electron chi connectivity index (χ1n) is 7.59. The number of hydrogen-bond donors (Lipinski definition) is 2. The molecule has 130 valence electrons. The highest BCUT2D eigenvalue weighted by atomic mass is 32.2. The lowest BCUT2D eigenvalue weighted by Crippen LogP contribution is -2.06. The number of hydrogen-bond acceptors (Lipinski definition) is 10. The van der Waals surface area contributed by atoms with Crippen LogP contribution in [0.2, 0.25) is 0 Å². The largest absolute Gasteiger partial charge is 0.459 e. The Kier molecular flexibility index (Phi) is 4.48. The van der Waals surface area contributed by atoms with Gasteiger partial charge in [-0.3, -0.25) is 0 Å². The van der Waals surface area contributed by atoms with Gasteiger partial charge in [-0.15, -0.1) is 10.2 Å². The predicted octanol–water partition coefficient (Wildman–Crippen LogP) is 3.13. The van der Waals surface area contributed by atoms with Gasteiger partial charge in [0, 0.05) is 5.69 Å². The molecule has 0 saturated carbocycles. The fraction of sp³-hybridized carbons (Fsp3) is 0.0625. The smallest absolute Gasteiger partial charge is 0.284 e. The van der Waals surface area contributed by atoms with E-state index in [1.807, 2.05) is 30.3 Å². The summed E-state index contributed by atoms with van der Waals surface area (Å²) in [5.74, 6) is 2.24. The van der Waals surface area contributed by atoms with Crippen LogP contribution < -0.4 is 11.1 Å². The van der Waals surface area contributed by atoms with E-state index in [0.29, 0.717) is 34.4 Å². The maximum absolute atomic E-state index is 5.78. The van der Waals surface area contributed by atoms with Gasteiger partial charge in [0.05, 0.1) is 12.0 Å². The van der Waals surface area contributed by atoms with Crippen LogP contribution >= 0.6 is 11.8 Å². The Labute approximate surface area is 152 Å². The van der Waals surface area contributed by atoms with Gasteiger partial charge in [0.1, 0.15) is 5.82 Å². The molecule has 0 unspecified atom stereocenters. The average Bonchev–Trinajstić information content (AvgIpc) is 3.32. The summed E-state index contributed by atoms with van der Waals surface area (Å²) in [6, 6.07) is 13.1. The summed E-state index contributed by atoms with van der Waals surface area (Å²) < 4.78 is 10.8. The molecule has 0 fully saturated rings. The van der Waals surface area contributed by atoms with Crippen LogP contribution in [0, 0.1) is 0 Å². The second kappa shape index (κ2) is 7.23. The lowest BCUT2D eigenvalue weighted by molar-refractivity contribution is 0.447. The van der Waals surface area contributed by atoms with E-state index in [1.165, 1.54) is 11.8 Å². The van der Waals surface area contributed by atoms with Gasteiger partial charge >= 0.3 is 0 Å². The number of nitrogens with zero attached hydrogens (tertiary/aromatic N) is 5. The molecule has 0 amide bonds. The first-order chi connectivity index (χ1) is 12.8. The zero-order valence-corrected chi connectivity index (χ0v) is 14.2. The molecular weight excluding hydrogens is 354 g/mol. The Morgan fingerprint density at radius 2 is 1.88 bits per heavy atom. The molecular formula is C16H13N7O2S. The standard InChI is InChI=1S/C16H13N7O2S/c17-14-19-12(20-15(21-14)18-10-5-2-1-3-6-10)9-26-16-23-22-13(25-16)11-7-4-8-24-11/h1-8H,9H2,(H3,17,18,19,20,21). The number of nitrogens with one attached hydrogen (secondary N) is 1. The van der Waals surface area contributed by atoms with Crippen LogP contribution in [0.4, 0.5) is 17.6 Å². The van der Waals surface area contributed by atoms with Gasteiger partial charge in [-0.25, -0.2) is 0 Å². The third-order valence-electron chi connectivity index (χ3n) is 3.19. The molecule has 0 aliphatic heterocycles. The molecule has 1 aromatic carbocycles. The third-order valence-corrected chi connectivity index (χ3v) is 4.01. The Hall–Kier alpha value is -3.40. The number of anilines is 3. The van der Waals surface area contributed by atoms with Crippen LogP contribution in [0.5, 0.6) is 0 Å². The summed E-state index contributed by atoms with van der Waals surface area (Å²) in [4.78, 5) is 12.6. The topological polar surface area (TPSA) is 129 Å². The van der Waals surface area contributed by atoms with E-state index >= 15 is 0 Å². The van der Waals surface area contributed by atoms with Gasteiger partial charge in [-0.2, -0.15) is 15.0 Å².